The van der Waals surface area contributed by atoms with Crippen LogP contribution in [0.1, 0.15) is 6.42 Å². The van der Waals surface area contributed by atoms with E-state index in [2.05, 4.69) is 0 Å². The van der Waals surface area contributed by atoms with Crippen molar-refractivity contribution in [3.63, 3.8) is 0 Å². The number of aliphatic hydroxyl groups is 6. The van der Waals surface area contributed by atoms with Crippen LogP contribution in [0, 0.1) is 0 Å². The van der Waals surface area contributed by atoms with Crippen LogP contribution in [0.2, 0.25) is 0 Å². The summed E-state index contributed by atoms with van der Waals surface area (Å²) >= 11 is 0. The zero-order valence-corrected chi connectivity index (χ0v) is 8.68. The van der Waals surface area contributed by atoms with E-state index in [0.29, 0.717) is 0 Å². The lowest BCUT2D eigenvalue weighted by molar-refractivity contribution is -0.234. The van der Waals surface area contributed by atoms with Crippen molar-refractivity contribution in [2.45, 2.75) is 43.0 Å². The fourth-order valence-electron chi connectivity index (χ4n) is 1.72. The van der Waals surface area contributed by atoms with Crippen molar-refractivity contribution in [1.29, 1.82) is 0 Å². The highest BCUT2D eigenvalue weighted by atomic mass is 16.5. The lowest BCUT2D eigenvalue weighted by atomic mass is 9.92. The Morgan fingerprint density at radius 2 is 1.50 bits per heavy atom. The van der Waals surface area contributed by atoms with Crippen molar-refractivity contribution in [2.24, 2.45) is 0 Å². The largest absolute Gasteiger partial charge is 0.394 e. The van der Waals surface area contributed by atoms with Gasteiger partial charge >= 0.3 is 0 Å². The van der Waals surface area contributed by atoms with Gasteiger partial charge in [-0.3, -0.25) is 0 Å². The minimum Gasteiger partial charge on any atom is -0.394 e. The van der Waals surface area contributed by atoms with Gasteiger partial charge in [-0.2, -0.15) is 0 Å². The van der Waals surface area contributed by atoms with Gasteiger partial charge in [-0.25, -0.2) is 0 Å². The van der Waals surface area contributed by atoms with Gasteiger partial charge in [0.1, 0.15) is 24.4 Å². The van der Waals surface area contributed by atoms with E-state index in [4.69, 9.17) is 14.9 Å². The molecule has 7 heteroatoms. The highest BCUT2D eigenvalue weighted by Crippen LogP contribution is 2.23. The monoisotopic (exact) mass is 238 g/mol. The van der Waals surface area contributed by atoms with E-state index in [1.165, 1.54) is 0 Å². The van der Waals surface area contributed by atoms with E-state index >= 15 is 0 Å². The molecule has 16 heavy (non-hydrogen) atoms. The SMILES string of the molecule is OCC(O)C[C@@H]1O[C@H](CO)[C@@H](O)[C@H](O)[C@H]1O. The van der Waals surface area contributed by atoms with E-state index < -0.39 is 49.8 Å². The summed E-state index contributed by atoms with van der Waals surface area (Å²) in [6.07, 6.45) is -7.28. The molecule has 0 saturated carbocycles. The number of hydrogen-bond acceptors (Lipinski definition) is 7. The fourth-order valence-corrected chi connectivity index (χ4v) is 1.72. The van der Waals surface area contributed by atoms with Crippen LogP contribution in [0.4, 0.5) is 0 Å². The van der Waals surface area contributed by atoms with Crippen molar-refractivity contribution >= 4 is 0 Å². The van der Waals surface area contributed by atoms with Crippen LogP contribution < -0.4 is 0 Å². The Labute approximate surface area is 92.5 Å². The van der Waals surface area contributed by atoms with Crippen LogP contribution in [-0.4, -0.2) is 80.5 Å². The molecule has 0 aromatic rings. The highest BCUT2D eigenvalue weighted by Gasteiger charge is 2.43. The molecule has 6 atom stereocenters. The summed E-state index contributed by atoms with van der Waals surface area (Å²) in [5.41, 5.74) is 0. The Kier molecular flexibility index (Phi) is 5.06. The Morgan fingerprint density at radius 1 is 0.938 bits per heavy atom. The van der Waals surface area contributed by atoms with Gasteiger partial charge < -0.3 is 35.4 Å². The molecule has 0 amide bonds. The Balaban J connectivity index is 2.63. The second kappa shape index (κ2) is 5.87. The van der Waals surface area contributed by atoms with Crippen LogP contribution in [0.5, 0.6) is 0 Å². The van der Waals surface area contributed by atoms with Gasteiger partial charge in [-0.15, -0.1) is 0 Å². The summed E-state index contributed by atoms with van der Waals surface area (Å²) in [5.74, 6) is 0. The number of hydrogen-bond donors (Lipinski definition) is 6. The zero-order chi connectivity index (χ0) is 12.3. The molecule has 1 rings (SSSR count). The molecule has 1 heterocycles. The van der Waals surface area contributed by atoms with Crippen molar-refractivity contribution in [1.82, 2.24) is 0 Å². The average Bonchev–Trinajstić information content (AvgIpc) is 2.29. The third-order valence-electron chi connectivity index (χ3n) is 2.71. The Morgan fingerprint density at radius 3 is 2.00 bits per heavy atom. The summed E-state index contributed by atoms with van der Waals surface area (Å²) in [4.78, 5) is 0. The van der Waals surface area contributed by atoms with E-state index in [-0.39, 0.29) is 6.42 Å². The maximum absolute atomic E-state index is 9.56. The maximum Gasteiger partial charge on any atom is 0.111 e. The molecule has 0 aromatic heterocycles. The normalized spacial score (nSPS) is 42.0. The molecule has 0 bridgehead atoms. The molecule has 1 unspecified atom stereocenters. The third-order valence-corrected chi connectivity index (χ3v) is 2.71. The first-order valence-electron chi connectivity index (χ1n) is 5.10. The topological polar surface area (TPSA) is 131 Å². The summed E-state index contributed by atoms with van der Waals surface area (Å²) in [6, 6.07) is 0. The number of aliphatic hydroxyl groups excluding tert-OH is 6. The van der Waals surface area contributed by atoms with Gasteiger partial charge in [-0.05, 0) is 0 Å². The molecule has 0 radical (unpaired) electrons. The van der Waals surface area contributed by atoms with Gasteiger partial charge in [0, 0.05) is 6.42 Å². The van der Waals surface area contributed by atoms with Gasteiger partial charge in [0.05, 0.1) is 25.4 Å². The van der Waals surface area contributed by atoms with Crippen LogP contribution in [0.15, 0.2) is 0 Å². The molecule has 96 valence electrons. The molecule has 1 aliphatic heterocycles. The molecule has 6 N–H and O–H groups in total. The molecule has 7 nitrogen and oxygen atoms in total. The third kappa shape index (κ3) is 2.89. The minimum atomic E-state index is -1.44. The highest BCUT2D eigenvalue weighted by molar-refractivity contribution is 4.92. The predicted molar refractivity (Wildman–Crippen MR) is 51.5 cm³/mol. The van der Waals surface area contributed by atoms with Crippen LogP contribution in [0.3, 0.4) is 0 Å². The quantitative estimate of drug-likeness (QED) is 0.300. The lowest BCUT2D eigenvalue weighted by Gasteiger charge is -2.40. The molecule has 1 saturated heterocycles. The number of rotatable bonds is 4. The minimum absolute atomic E-state index is 0.0854. The van der Waals surface area contributed by atoms with Gasteiger partial charge in [0.2, 0.25) is 0 Å². The molecular weight excluding hydrogens is 220 g/mol. The smallest absolute Gasteiger partial charge is 0.111 e. The van der Waals surface area contributed by atoms with Crippen LogP contribution >= 0.6 is 0 Å². The van der Waals surface area contributed by atoms with Crippen molar-refractivity contribution in [3.8, 4) is 0 Å². The van der Waals surface area contributed by atoms with Crippen molar-refractivity contribution in [3.05, 3.63) is 0 Å². The molecular formula is C9H18O7. The van der Waals surface area contributed by atoms with Crippen molar-refractivity contribution in [2.75, 3.05) is 13.2 Å². The lowest BCUT2D eigenvalue weighted by Crippen LogP contribution is -2.59. The van der Waals surface area contributed by atoms with E-state index in [1.807, 2.05) is 0 Å². The van der Waals surface area contributed by atoms with Gasteiger partial charge in [0.25, 0.3) is 0 Å². The van der Waals surface area contributed by atoms with Gasteiger partial charge in [0.15, 0.2) is 0 Å². The first kappa shape index (κ1) is 13.8. The van der Waals surface area contributed by atoms with Crippen LogP contribution in [-0.2, 0) is 4.74 Å². The first-order valence-corrected chi connectivity index (χ1v) is 5.10. The second-order valence-corrected chi connectivity index (χ2v) is 3.94. The number of ether oxygens (including phenoxy) is 1. The summed E-state index contributed by atoms with van der Waals surface area (Å²) < 4.78 is 5.12. The van der Waals surface area contributed by atoms with Crippen LogP contribution in [0.25, 0.3) is 0 Å². The molecule has 0 aliphatic carbocycles. The van der Waals surface area contributed by atoms with E-state index in [1.54, 1.807) is 0 Å². The molecule has 0 spiro atoms. The Bertz CT molecular complexity index is 210. The van der Waals surface area contributed by atoms with Crippen molar-refractivity contribution < 1.29 is 35.4 Å². The zero-order valence-electron chi connectivity index (χ0n) is 8.68. The standard InChI is InChI=1S/C9H18O7/c10-2-4(12)1-5-7(13)9(15)8(14)6(3-11)16-5/h4-15H,1-3H2/t4?,5-,6+,7-,8+,9+/m0/s1. The molecule has 0 aromatic carbocycles. The van der Waals surface area contributed by atoms with E-state index in [9.17, 15) is 20.4 Å². The summed E-state index contributed by atoms with van der Waals surface area (Å²) in [5, 5.41) is 55.2. The van der Waals surface area contributed by atoms with Gasteiger partial charge in [-0.1, -0.05) is 0 Å². The average molecular weight is 238 g/mol. The second-order valence-electron chi connectivity index (χ2n) is 3.94. The Hall–Kier alpha value is -0.280. The first-order chi connectivity index (χ1) is 7.51. The summed E-state index contributed by atoms with van der Waals surface area (Å²) in [7, 11) is 0. The maximum atomic E-state index is 9.56. The summed E-state index contributed by atoms with van der Waals surface area (Å²) in [6.45, 7) is -0.994. The molecule has 1 aliphatic rings. The fraction of sp³-hybridized carbons (Fsp3) is 1.00. The molecule has 1 fully saturated rings. The predicted octanol–water partition coefficient (Wildman–Crippen LogP) is -3.43. The van der Waals surface area contributed by atoms with E-state index in [0.717, 1.165) is 0 Å².